The lowest BCUT2D eigenvalue weighted by Crippen LogP contribution is -2.23. The fourth-order valence-electron chi connectivity index (χ4n) is 1.74. The van der Waals surface area contributed by atoms with E-state index in [1.807, 2.05) is 0 Å². The number of hydrogen-bond acceptors (Lipinski definition) is 4. The summed E-state index contributed by atoms with van der Waals surface area (Å²) in [5.41, 5.74) is 0. The van der Waals surface area contributed by atoms with Gasteiger partial charge in [0.25, 0.3) is 5.91 Å². The number of primary sulfonamides is 1. The summed E-state index contributed by atoms with van der Waals surface area (Å²) in [7, 11) is -3.74. The molecule has 1 saturated carbocycles. The maximum atomic E-state index is 11.8. The molecule has 1 aliphatic rings. The summed E-state index contributed by atoms with van der Waals surface area (Å²) >= 11 is 1.15. The molecular formula is C11H16N2O3S2. The molecule has 0 aliphatic heterocycles. The number of amides is 1. The third kappa shape index (κ3) is 3.30. The highest BCUT2D eigenvalue weighted by molar-refractivity contribution is 7.89. The highest BCUT2D eigenvalue weighted by atomic mass is 32.2. The molecule has 1 aromatic heterocycles. The molecule has 1 amide bonds. The van der Waals surface area contributed by atoms with Crippen molar-refractivity contribution in [2.24, 2.45) is 11.1 Å². The summed E-state index contributed by atoms with van der Waals surface area (Å²) in [6.07, 6.45) is 3.51. The number of rotatable bonds is 5. The standard InChI is InChI=1S/C11H16N2O3S2/c1-7-10(18(12,15)16)6-9(17-7)11(14)13-5-4-8-2-3-8/h6,8H,2-5H2,1H3,(H,13,14)(H2,12,15,16). The van der Waals surface area contributed by atoms with E-state index in [4.69, 9.17) is 5.14 Å². The third-order valence-corrected chi connectivity index (χ3v) is 5.15. The van der Waals surface area contributed by atoms with Crippen LogP contribution >= 0.6 is 11.3 Å². The molecule has 0 saturated heterocycles. The van der Waals surface area contributed by atoms with Crippen molar-refractivity contribution in [1.29, 1.82) is 0 Å². The van der Waals surface area contributed by atoms with Gasteiger partial charge in [-0.2, -0.15) is 0 Å². The van der Waals surface area contributed by atoms with Gasteiger partial charge in [-0.3, -0.25) is 4.79 Å². The Kier molecular flexibility index (Phi) is 3.74. The smallest absolute Gasteiger partial charge is 0.261 e. The molecule has 1 heterocycles. The summed E-state index contributed by atoms with van der Waals surface area (Å²) < 4.78 is 22.5. The first kappa shape index (κ1) is 13.5. The number of aryl methyl sites for hydroxylation is 1. The molecule has 100 valence electrons. The van der Waals surface area contributed by atoms with Crippen molar-refractivity contribution in [1.82, 2.24) is 5.32 Å². The fraction of sp³-hybridized carbons (Fsp3) is 0.545. The zero-order valence-corrected chi connectivity index (χ0v) is 11.7. The zero-order valence-electron chi connectivity index (χ0n) is 10.1. The Morgan fingerprint density at radius 1 is 1.56 bits per heavy atom. The van der Waals surface area contributed by atoms with Crippen LogP contribution in [0.15, 0.2) is 11.0 Å². The highest BCUT2D eigenvalue weighted by Gasteiger charge is 2.22. The first-order chi connectivity index (χ1) is 8.38. The molecule has 1 aliphatic carbocycles. The van der Waals surface area contributed by atoms with E-state index in [-0.39, 0.29) is 10.8 Å². The molecule has 5 nitrogen and oxygen atoms in total. The van der Waals surface area contributed by atoms with Gasteiger partial charge in [0.15, 0.2) is 0 Å². The average molecular weight is 288 g/mol. The SMILES string of the molecule is Cc1sc(C(=O)NCCC2CC2)cc1S(N)(=O)=O. The minimum Gasteiger partial charge on any atom is -0.351 e. The van der Waals surface area contributed by atoms with Gasteiger partial charge in [-0.05, 0) is 25.3 Å². The maximum absolute atomic E-state index is 11.8. The summed E-state index contributed by atoms with van der Waals surface area (Å²) in [5.74, 6) is 0.536. The van der Waals surface area contributed by atoms with Crippen LogP contribution in [-0.2, 0) is 10.0 Å². The second-order valence-electron chi connectivity index (χ2n) is 4.56. The maximum Gasteiger partial charge on any atom is 0.261 e. The number of thiophene rings is 1. The summed E-state index contributed by atoms with van der Waals surface area (Å²) in [4.78, 5) is 12.8. The van der Waals surface area contributed by atoms with Crippen molar-refractivity contribution in [3.05, 3.63) is 15.8 Å². The van der Waals surface area contributed by atoms with Crippen molar-refractivity contribution >= 4 is 27.3 Å². The number of nitrogens with two attached hydrogens (primary N) is 1. The van der Waals surface area contributed by atoms with Crippen molar-refractivity contribution < 1.29 is 13.2 Å². The van der Waals surface area contributed by atoms with E-state index in [0.717, 1.165) is 23.7 Å². The Labute approximate surface area is 110 Å². The number of carbonyl (C=O) groups excluding carboxylic acids is 1. The van der Waals surface area contributed by atoms with Crippen molar-refractivity contribution in [2.75, 3.05) is 6.54 Å². The molecule has 0 aromatic carbocycles. The van der Waals surface area contributed by atoms with Crippen molar-refractivity contribution in [3.63, 3.8) is 0 Å². The summed E-state index contributed by atoms with van der Waals surface area (Å²) in [5, 5.41) is 7.86. The van der Waals surface area contributed by atoms with Gasteiger partial charge in [0.1, 0.15) is 0 Å². The Morgan fingerprint density at radius 2 is 2.22 bits per heavy atom. The minimum absolute atomic E-state index is 0.0415. The molecule has 18 heavy (non-hydrogen) atoms. The van der Waals surface area contributed by atoms with Crippen molar-refractivity contribution in [3.8, 4) is 0 Å². The largest absolute Gasteiger partial charge is 0.351 e. The third-order valence-electron chi connectivity index (χ3n) is 2.94. The second kappa shape index (κ2) is 4.99. The lowest BCUT2D eigenvalue weighted by atomic mass is 10.3. The van der Waals surface area contributed by atoms with Gasteiger partial charge >= 0.3 is 0 Å². The van der Waals surface area contributed by atoms with Crippen LogP contribution in [0.1, 0.15) is 33.8 Å². The Morgan fingerprint density at radius 3 is 2.72 bits per heavy atom. The van der Waals surface area contributed by atoms with Gasteiger partial charge in [-0.15, -0.1) is 11.3 Å². The van der Waals surface area contributed by atoms with Gasteiger partial charge in [0.2, 0.25) is 10.0 Å². The predicted molar refractivity (Wildman–Crippen MR) is 70.1 cm³/mol. The van der Waals surface area contributed by atoms with Crippen LogP contribution in [0.3, 0.4) is 0 Å². The zero-order chi connectivity index (χ0) is 13.3. The van der Waals surface area contributed by atoms with E-state index >= 15 is 0 Å². The van der Waals surface area contributed by atoms with Crippen LogP contribution in [0.5, 0.6) is 0 Å². The summed E-state index contributed by atoms with van der Waals surface area (Å²) in [6.45, 7) is 2.29. The van der Waals surface area contributed by atoms with Crippen LogP contribution in [-0.4, -0.2) is 20.9 Å². The van der Waals surface area contributed by atoms with Crippen LogP contribution in [0.4, 0.5) is 0 Å². The molecule has 0 bridgehead atoms. The number of sulfonamides is 1. The lowest BCUT2D eigenvalue weighted by molar-refractivity contribution is 0.0956. The first-order valence-electron chi connectivity index (χ1n) is 5.79. The van der Waals surface area contributed by atoms with E-state index in [9.17, 15) is 13.2 Å². The van der Waals surface area contributed by atoms with Crippen LogP contribution in [0.2, 0.25) is 0 Å². The van der Waals surface area contributed by atoms with E-state index in [1.165, 1.54) is 18.9 Å². The topological polar surface area (TPSA) is 89.3 Å². The van der Waals surface area contributed by atoms with Crippen molar-refractivity contribution in [2.45, 2.75) is 31.1 Å². The van der Waals surface area contributed by atoms with E-state index in [1.54, 1.807) is 6.92 Å². The van der Waals surface area contributed by atoms with Crippen LogP contribution in [0.25, 0.3) is 0 Å². The molecule has 3 N–H and O–H groups in total. The van der Waals surface area contributed by atoms with Gasteiger partial charge in [0.05, 0.1) is 9.77 Å². The summed E-state index contributed by atoms with van der Waals surface area (Å²) in [6, 6.07) is 1.35. The molecule has 2 rings (SSSR count). The monoisotopic (exact) mass is 288 g/mol. The first-order valence-corrected chi connectivity index (χ1v) is 8.15. The fourth-order valence-corrected chi connectivity index (χ4v) is 3.81. The molecule has 0 atom stereocenters. The van der Waals surface area contributed by atoms with Gasteiger partial charge in [-0.25, -0.2) is 13.6 Å². The Balaban J connectivity index is 2.01. The number of carbonyl (C=O) groups is 1. The number of hydrogen-bond donors (Lipinski definition) is 2. The van der Waals surface area contributed by atoms with E-state index < -0.39 is 10.0 Å². The van der Waals surface area contributed by atoms with Crippen LogP contribution in [0, 0.1) is 12.8 Å². The molecule has 0 unspecified atom stereocenters. The molecule has 0 spiro atoms. The predicted octanol–water partition coefficient (Wildman–Crippen LogP) is 1.23. The quantitative estimate of drug-likeness (QED) is 0.854. The lowest BCUT2D eigenvalue weighted by Gasteiger charge is -2.01. The molecule has 7 heteroatoms. The molecule has 0 radical (unpaired) electrons. The average Bonchev–Trinajstić information content (AvgIpc) is 2.98. The van der Waals surface area contributed by atoms with Crippen LogP contribution < -0.4 is 10.5 Å². The van der Waals surface area contributed by atoms with Gasteiger partial charge in [-0.1, -0.05) is 12.8 Å². The Bertz CT molecular complexity index is 559. The van der Waals surface area contributed by atoms with E-state index in [0.29, 0.717) is 16.3 Å². The Hall–Kier alpha value is -0.920. The number of nitrogens with one attached hydrogen (secondary N) is 1. The minimum atomic E-state index is -3.74. The molecule has 1 aromatic rings. The van der Waals surface area contributed by atoms with Gasteiger partial charge < -0.3 is 5.32 Å². The normalized spacial score (nSPS) is 15.7. The molecular weight excluding hydrogens is 272 g/mol. The van der Waals surface area contributed by atoms with E-state index in [2.05, 4.69) is 5.32 Å². The molecule has 1 fully saturated rings. The second-order valence-corrected chi connectivity index (χ2v) is 7.35. The van der Waals surface area contributed by atoms with Gasteiger partial charge in [0, 0.05) is 11.4 Å². The highest BCUT2D eigenvalue weighted by Crippen LogP contribution is 2.31.